The Kier molecular flexibility index (Phi) is 4.65. The molecule has 0 bridgehead atoms. The molecule has 136 valence electrons. The van der Waals surface area contributed by atoms with E-state index in [1.54, 1.807) is 31.0 Å². The van der Waals surface area contributed by atoms with Crippen LogP contribution in [-0.4, -0.2) is 25.5 Å². The number of hydrogen-bond acceptors (Lipinski definition) is 3. The van der Waals surface area contributed by atoms with Crippen molar-refractivity contribution in [1.82, 2.24) is 24.9 Å². The van der Waals surface area contributed by atoms with Crippen LogP contribution in [0.2, 0.25) is 0 Å². The highest BCUT2D eigenvalue weighted by molar-refractivity contribution is 9.10. The zero-order valence-corrected chi connectivity index (χ0v) is 15.2. The van der Waals surface area contributed by atoms with E-state index < -0.39 is 23.8 Å². The number of carbonyl (C=O) groups is 1. The van der Waals surface area contributed by atoms with Gasteiger partial charge in [-0.1, -0.05) is 0 Å². The largest absolute Gasteiger partial charge is 0.436 e. The Labute approximate surface area is 150 Å². The summed E-state index contributed by atoms with van der Waals surface area (Å²) in [7, 11) is 1.76. The molecule has 1 aliphatic rings. The van der Waals surface area contributed by atoms with Crippen LogP contribution in [-0.2, 0) is 24.6 Å². The number of alkyl halides is 3. The molecule has 6 nitrogen and oxygen atoms in total. The fourth-order valence-corrected chi connectivity index (χ4v) is 3.45. The number of rotatable bonds is 5. The number of carbonyl (C=O) groups excluding carboxylic acids is 1. The lowest BCUT2D eigenvalue weighted by atomic mass is 10.2. The Morgan fingerprint density at radius 1 is 1.48 bits per heavy atom. The average molecular weight is 420 g/mol. The van der Waals surface area contributed by atoms with Crippen molar-refractivity contribution in [3.05, 3.63) is 33.8 Å². The van der Waals surface area contributed by atoms with E-state index in [0.29, 0.717) is 5.69 Å². The third kappa shape index (κ3) is 3.73. The van der Waals surface area contributed by atoms with Crippen molar-refractivity contribution in [2.45, 2.75) is 44.4 Å². The van der Waals surface area contributed by atoms with Gasteiger partial charge in [-0.25, -0.2) is 0 Å². The first-order valence-corrected chi connectivity index (χ1v) is 8.58. The lowest BCUT2D eigenvalue weighted by Crippen LogP contribution is -2.32. The lowest BCUT2D eigenvalue weighted by molar-refractivity contribution is -0.142. The Morgan fingerprint density at radius 3 is 2.68 bits per heavy atom. The Morgan fingerprint density at radius 2 is 2.16 bits per heavy atom. The van der Waals surface area contributed by atoms with Gasteiger partial charge < -0.3 is 5.32 Å². The molecule has 0 aliphatic heterocycles. The van der Waals surface area contributed by atoms with Crippen LogP contribution in [0.15, 0.2) is 16.9 Å². The van der Waals surface area contributed by atoms with Crippen molar-refractivity contribution in [1.29, 1.82) is 0 Å². The van der Waals surface area contributed by atoms with Gasteiger partial charge >= 0.3 is 6.18 Å². The monoisotopic (exact) mass is 419 g/mol. The highest BCUT2D eigenvalue weighted by atomic mass is 79.9. The Balaban J connectivity index is 1.81. The Hall–Kier alpha value is -1.84. The van der Waals surface area contributed by atoms with E-state index in [-0.39, 0.29) is 16.9 Å². The molecule has 1 aliphatic carbocycles. The van der Waals surface area contributed by atoms with E-state index in [9.17, 15) is 18.0 Å². The molecule has 2 aromatic heterocycles. The second-order valence-corrected chi connectivity index (χ2v) is 6.97. The molecule has 0 spiro atoms. The lowest BCUT2D eigenvalue weighted by Gasteiger charge is -2.15. The highest BCUT2D eigenvalue weighted by Crippen LogP contribution is 2.47. The molecule has 25 heavy (non-hydrogen) atoms. The molecular formula is C15H17BrF3N5O. The minimum atomic E-state index is -4.57. The molecule has 0 aromatic carbocycles. The number of aromatic nitrogens is 4. The molecule has 1 amide bonds. The summed E-state index contributed by atoms with van der Waals surface area (Å²) in [5.41, 5.74) is 0.265. The van der Waals surface area contributed by atoms with Crippen molar-refractivity contribution >= 4 is 21.8 Å². The molecule has 1 atom stereocenters. The minimum Gasteiger partial charge on any atom is -0.350 e. The molecule has 2 heterocycles. The van der Waals surface area contributed by atoms with Crippen LogP contribution in [0, 0.1) is 0 Å². The maximum atomic E-state index is 13.1. The van der Waals surface area contributed by atoms with Gasteiger partial charge in [-0.05, 0) is 35.7 Å². The third-order valence-corrected chi connectivity index (χ3v) is 4.87. The molecule has 0 radical (unpaired) electrons. The first kappa shape index (κ1) is 18.0. The normalized spacial score (nSPS) is 16.1. The van der Waals surface area contributed by atoms with Crippen LogP contribution < -0.4 is 5.32 Å². The molecule has 1 saturated carbocycles. The molecule has 10 heteroatoms. The molecule has 0 saturated heterocycles. The smallest absolute Gasteiger partial charge is 0.350 e. The van der Waals surface area contributed by atoms with Gasteiger partial charge in [0.15, 0.2) is 5.69 Å². The summed E-state index contributed by atoms with van der Waals surface area (Å²) in [6, 6.07) is -0.848. The van der Waals surface area contributed by atoms with Gasteiger partial charge in [-0.2, -0.15) is 23.4 Å². The van der Waals surface area contributed by atoms with Gasteiger partial charge in [0.05, 0.1) is 16.4 Å². The fourth-order valence-electron chi connectivity index (χ4n) is 2.64. The van der Waals surface area contributed by atoms with Gasteiger partial charge in [-0.3, -0.25) is 14.2 Å². The van der Waals surface area contributed by atoms with Gasteiger partial charge in [-0.15, -0.1) is 0 Å². The molecule has 1 fully saturated rings. The van der Waals surface area contributed by atoms with E-state index in [2.05, 4.69) is 31.4 Å². The van der Waals surface area contributed by atoms with E-state index in [1.807, 2.05) is 0 Å². The van der Waals surface area contributed by atoms with E-state index in [1.165, 1.54) is 4.68 Å². The summed E-state index contributed by atoms with van der Waals surface area (Å²) in [4.78, 5) is 12.4. The Bertz CT molecular complexity index is 794. The van der Waals surface area contributed by atoms with Crippen molar-refractivity contribution in [3.8, 4) is 0 Å². The van der Waals surface area contributed by atoms with Crippen molar-refractivity contribution in [2.75, 3.05) is 0 Å². The van der Waals surface area contributed by atoms with Crippen LogP contribution in [0.25, 0.3) is 0 Å². The molecule has 2 aromatic rings. The molecule has 3 rings (SSSR count). The van der Waals surface area contributed by atoms with E-state index in [4.69, 9.17) is 0 Å². The number of amides is 1. The quantitative estimate of drug-likeness (QED) is 0.809. The zero-order valence-electron chi connectivity index (χ0n) is 13.6. The van der Waals surface area contributed by atoms with Crippen LogP contribution in [0.4, 0.5) is 13.2 Å². The second kappa shape index (κ2) is 6.47. The topological polar surface area (TPSA) is 64.7 Å². The summed E-state index contributed by atoms with van der Waals surface area (Å²) in [6.45, 7) is 1.80. The first-order valence-electron chi connectivity index (χ1n) is 7.78. The summed E-state index contributed by atoms with van der Waals surface area (Å²) < 4.78 is 42.2. The summed E-state index contributed by atoms with van der Waals surface area (Å²) in [5.74, 6) is -0.388. The first-order chi connectivity index (χ1) is 11.7. The molecule has 1 unspecified atom stereocenters. The number of nitrogens with one attached hydrogen (secondary N) is 1. The fraction of sp³-hybridized carbons (Fsp3) is 0.533. The van der Waals surface area contributed by atoms with Gasteiger partial charge in [0.1, 0.15) is 6.04 Å². The van der Waals surface area contributed by atoms with Gasteiger partial charge in [0.2, 0.25) is 5.91 Å². The van der Waals surface area contributed by atoms with Crippen LogP contribution in [0.3, 0.4) is 0 Å². The number of nitrogens with zero attached hydrogens (tertiary/aromatic N) is 4. The second-order valence-electron chi connectivity index (χ2n) is 6.18. The zero-order chi connectivity index (χ0) is 18.4. The predicted molar refractivity (Wildman–Crippen MR) is 86.7 cm³/mol. The summed E-state index contributed by atoms with van der Waals surface area (Å²) >= 11 is 3.03. The highest BCUT2D eigenvalue weighted by Gasteiger charge is 2.42. The van der Waals surface area contributed by atoms with Crippen molar-refractivity contribution < 1.29 is 18.0 Å². The van der Waals surface area contributed by atoms with Crippen LogP contribution in [0.5, 0.6) is 0 Å². The standard InChI is InChI=1S/C15H17BrF3N5O/c1-8(14(25)20-5-9-6-21-23(2)7-9)24-12(10-3-4-10)11(16)13(22-24)15(17,18)19/h6-8,10H,3-5H2,1-2H3,(H,20,25). The minimum absolute atomic E-state index is 0.00606. The van der Waals surface area contributed by atoms with Crippen LogP contribution >= 0.6 is 15.9 Å². The average Bonchev–Trinajstić information content (AvgIpc) is 3.18. The molecular weight excluding hydrogens is 403 g/mol. The maximum Gasteiger partial charge on any atom is 0.436 e. The third-order valence-electron chi connectivity index (χ3n) is 4.09. The number of hydrogen-bond donors (Lipinski definition) is 1. The SMILES string of the molecule is CC(C(=O)NCc1cnn(C)c1)n1nc(C(F)(F)F)c(Br)c1C1CC1. The van der Waals surface area contributed by atoms with E-state index >= 15 is 0 Å². The number of aryl methyl sites for hydroxylation is 1. The van der Waals surface area contributed by atoms with Gasteiger partial charge in [0, 0.05) is 31.3 Å². The summed E-state index contributed by atoms with van der Waals surface area (Å²) in [6.07, 6.45) is 0.399. The number of halogens is 4. The predicted octanol–water partition coefficient (Wildman–Crippen LogP) is 3.15. The molecule has 1 N–H and O–H groups in total. The van der Waals surface area contributed by atoms with Crippen molar-refractivity contribution in [2.24, 2.45) is 7.05 Å². The van der Waals surface area contributed by atoms with Gasteiger partial charge in [0.25, 0.3) is 0 Å². The van der Waals surface area contributed by atoms with Crippen molar-refractivity contribution in [3.63, 3.8) is 0 Å². The van der Waals surface area contributed by atoms with Crippen LogP contribution in [0.1, 0.15) is 48.7 Å². The summed E-state index contributed by atoms with van der Waals surface area (Å²) in [5, 5.41) is 10.4. The maximum absolute atomic E-state index is 13.1. The van der Waals surface area contributed by atoms with E-state index in [0.717, 1.165) is 18.4 Å².